The van der Waals surface area contributed by atoms with E-state index in [4.69, 9.17) is 4.74 Å². The number of hydrogen-bond acceptors (Lipinski definition) is 2. The summed E-state index contributed by atoms with van der Waals surface area (Å²) in [7, 11) is 0. The van der Waals surface area contributed by atoms with E-state index in [-0.39, 0.29) is 6.61 Å². The molecule has 2 aromatic rings. The summed E-state index contributed by atoms with van der Waals surface area (Å²) in [5.41, 5.74) is 0.627. The van der Waals surface area contributed by atoms with Crippen molar-refractivity contribution in [3.63, 3.8) is 0 Å². The fourth-order valence-corrected chi connectivity index (χ4v) is 1.85. The van der Waals surface area contributed by atoms with E-state index in [1.165, 1.54) is 12.1 Å². The highest BCUT2D eigenvalue weighted by Crippen LogP contribution is 2.27. The summed E-state index contributed by atoms with van der Waals surface area (Å²) in [5.74, 6) is -1.68. The quantitative estimate of drug-likeness (QED) is 0.687. The van der Waals surface area contributed by atoms with Crippen molar-refractivity contribution in [2.45, 2.75) is 19.6 Å². The smallest absolute Gasteiger partial charge is 0.463 e. The molecule has 0 amide bonds. The van der Waals surface area contributed by atoms with E-state index in [9.17, 15) is 18.0 Å². The fourth-order valence-electron chi connectivity index (χ4n) is 1.85. The first kappa shape index (κ1) is 13.4. The second-order valence-corrected chi connectivity index (χ2v) is 3.88. The molecule has 0 saturated carbocycles. The molecule has 0 aliphatic heterocycles. The number of alkyl halides is 3. The Kier molecular flexibility index (Phi) is 3.46. The third-order valence-electron chi connectivity index (χ3n) is 2.58. The average Bonchev–Trinajstić information content (AvgIpc) is 2.69. The summed E-state index contributed by atoms with van der Waals surface area (Å²) in [6.07, 6.45) is -4.56. The van der Waals surface area contributed by atoms with E-state index >= 15 is 0 Å². The highest BCUT2D eigenvalue weighted by atomic mass is 19.4. The summed E-state index contributed by atoms with van der Waals surface area (Å²) in [6, 6.07) is 6.26. The first-order chi connectivity index (χ1) is 8.93. The molecule has 0 unspecified atom stereocenters. The minimum absolute atomic E-state index is 0.128. The molecule has 4 nitrogen and oxygen atoms in total. The second kappa shape index (κ2) is 4.91. The topological polar surface area (TPSA) is 46.0 Å². The lowest BCUT2D eigenvalue weighted by molar-refractivity contribution is -0.680. The lowest BCUT2D eigenvalue weighted by atomic mass is 10.3. The Balaban J connectivity index is 2.52. The first-order valence-corrected chi connectivity index (χ1v) is 5.67. The van der Waals surface area contributed by atoms with Crippen molar-refractivity contribution in [3.8, 4) is 0 Å². The second-order valence-electron chi connectivity index (χ2n) is 3.88. The zero-order valence-corrected chi connectivity index (χ0v) is 10.1. The predicted molar refractivity (Wildman–Crippen MR) is 60.1 cm³/mol. The van der Waals surface area contributed by atoms with Gasteiger partial charge in [-0.1, -0.05) is 12.1 Å². The molecule has 1 aromatic carbocycles. The molecule has 102 valence electrons. The molecule has 0 bridgehead atoms. The van der Waals surface area contributed by atoms with Crippen molar-refractivity contribution in [3.05, 3.63) is 30.1 Å². The van der Waals surface area contributed by atoms with Gasteiger partial charge in [-0.15, -0.1) is 0 Å². The number of ether oxygens (including phenoxy) is 1. The molecule has 2 rings (SSSR count). The lowest BCUT2D eigenvalue weighted by Gasteiger charge is -2.04. The Morgan fingerprint density at radius 1 is 1.37 bits per heavy atom. The zero-order valence-electron chi connectivity index (χ0n) is 10.1. The number of rotatable bonds is 3. The molecular formula is C12H12F3N2O2+. The van der Waals surface area contributed by atoms with E-state index in [0.717, 1.165) is 4.57 Å². The van der Waals surface area contributed by atoms with E-state index in [2.05, 4.69) is 4.98 Å². The summed E-state index contributed by atoms with van der Waals surface area (Å²) in [6.45, 7) is 1.25. The molecule has 7 heteroatoms. The number of carbonyl (C=O) groups is 1. The lowest BCUT2D eigenvalue weighted by Crippen LogP contribution is -2.44. The van der Waals surface area contributed by atoms with E-state index in [0.29, 0.717) is 11.0 Å². The number of hydrogen-bond donors (Lipinski definition) is 1. The van der Waals surface area contributed by atoms with Crippen LogP contribution in [0.2, 0.25) is 0 Å². The molecule has 0 saturated heterocycles. The van der Waals surface area contributed by atoms with Crippen LogP contribution in [0.4, 0.5) is 13.2 Å². The van der Waals surface area contributed by atoms with E-state index in [1.54, 1.807) is 19.1 Å². The number of aromatic amines is 1. The van der Waals surface area contributed by atoms with Crippen LogP contribution in [0.15, 0.2) is 24.3 Å². The highest BCUT2D eigenvalue weighted by molar-refractivity contribution is 5.73. The number of nitrogens with zero attached hydrogens (tertiary/aromatic N) is 1. The highest BCUT2D eigenvalue weighted by Gasteiger charge is 2.44. The third-order valence-corrected chi connectivity index (χ3v) is 2.58. The van der Waals surface area contributed by atoms with Crippen LogP contribution in [0, 0.1) is 0 Å². The number of nitrogens with one attached hydrogen (secondary N) is 1. The van der Waals surface area contributed by atoms with Crippen LogP contribution < -0.4 is 4.57 Å². The molecule has 0 aliphatic rings. The molecule has 0 fully saturated rings. The van der Waals surface area contributed by atoms with Gasteiger partial charge < -0.3 is 4.74 Å². The van der Waals surface area contributed by atoms with Crippen LogP contribution >= 0.6 is 0 Å². The Labute approximate surface area is 106 Å². The van der Waals surface area contributed by atoms with Crippen LogP contribution in [0.3, 0.4) is 0 Å². The maximum Gasteiger partial charge on any atom is 0.494 e. The average molecular weight is 273 g/mol. The minimum atomic E-state index is -4.56. The number of fused-ring (bicyclic) bond motifs is 1. The molecule has 1 N–H and O–H groups in total. The van der Waals surface area contributed by atoms with E-state index < -0.39 is 24.5 Å². The molecule has 19 heavy (non-hydrogen) atoms. The van der Waals surface area contributed by atoms with Gasteiger partial charge in [0.05, 0.1) is 6.61 Å². The molecule has 0 radical (unpaired) electrons. The predicted octanol–water partition coefficient (Wildman–Crippen LogP) is 2.04. The van der Waals surface area contributed by atoms with Gasteiger partial charge in [-0.25, -0.2) is 14.3 Å². The van der Waals surface area contributed by atoms with Crippen LogP contribution in [0.25, 0.3) is 11.0 Å². The normalized spacial score (nSPS) is 11.8. The largest absolute Gasteiger partial charge is 0.494 e. The number of benzene rings is 1. The van der Waals surface area contributed by atoms with Gasteiger partial charge in [0.25, 0.3) is 0 Å². The maximum atomic E-state index is 12.9. The first-order valence-electron chi connectivity index (χ1n) is 5.67. The van der Waals surface area contributed by atoms with Crippen LogP contribution in [-0.2, 0) is 22.3 Å². The summed E-state index contributed by atoms with van der Waals surface area (Å²) >= 11 is 0. The number of esters is 1. The number of para-hydroxylation sites is 2. The summed E-state index contributed by atoms with van der Waals surface area (Å²) < 4.78 is 44.3. The summed E-state index contributed by atoms with van der Waals surface area (Å²) in [5, 5.41) is 0. The summed E-state index contributed by atoms with van der Waals surface area (Å²) in [4.78, 5) is 13.7. The van der Waals surface area contributed by atoms with Gasteiger partial charge in [-0.3, -0.25) is 0 Å². The Hall–Kier alpha value is -2.05. The van der Waals surface area contributed by atoms with Gasteiger partial charge in [0.1, 0.15) is 0 Å². The minimum Gasteiger partial charge on any atom is -0.463 e. The van der Waals surface area contributed by atoms with Crippen LogP contribution in [0.5, 0.6) is 0 Å². The number of carbonyl (C=O) groups excluding carboxylic acids is 1. The van der Waals surface area contributed by atoms with Crippen LogP contribution in [0.1, 0.15) is 12.7 Å². The number of halogens is 3. The van der Waals surface area contributed by atoms with Gasteiger partial charge in [-0.05, 0) is 19.1 Å². The van der Waals surface area contributed by atoms with Crippen molar-refractivity contribution < 1.29 is 27.3 Å². The molecule has 0 spiro atoms. The molecule has 0 aliphatic carbocycles. The van der Waals surface area contributed by atoms with Gasteiger partial charge in [0.15, 0.2) is 17.6 Å². The van der Waals surface area contributed by atoms with Gasteiger partial charge in [0.2, 0.25) is 0 Å². The van der Waals surface area contributed by atoms with Gasteiger partial charge in [-0.2, -0.15) is 13.2 Å². The maximum absolute atomic E-state index is 12.9. The van der Waals surface area contributed by atoms with Crippen molar-refractivity contribution >= 4 is 17.0 Å². The van der Waals surface area contributed by atoms with Crippen molar-refractivity contribution in [2.75, 3.05) is 6.61 Å². The van der Waals surface area contributed by atoms with Gasteiger partial charge in [0, 0.05) is 0 Å². The van der Waals surface area contributed by atoms with Crippen LogP contribution in [-0.4, -0.2) is 17.6 Å². The standard InChI is InChI=1S/C12H11F3N2O2/c1-2-19-10(18)7-17-9-6-4-3-5-8(9)16-11(17)12(13,14)15/h3-6H,2,7H2,1H3/p+1. The number of H-pyrrole nitrogens is 1. The number of imidazole rings is 1. The Morgan fingerprint density at radius 3 is 2.68 bits per heavy atom. The molecule has 1 heterocycles. The fraction of sp³-hybridized carbons (Fsp3) is 0.333. The Bertz CT molecular complexity index is 605. The number of aromatic nitrogens is 2. The van der Waals surface area contributed by atoms with Crippen molar-refractivity contribution in [2.24, 2.45) is 0 Å². The monoisotopic (exact) mass is 273 g/mol. The third kappa shape index (κ3) is 2.69. The zero-order chi connectivity index (χ0) is 14.0. The molecule has 1 aromatic heterocycles. The molecule has 0 atom stereocenters. The van der Waals surface area contributed by atoms with Crippen molar-refractivity contribution in [1.29, 1.82) is 0 Å². The Morgan fingerprint density at radius 2 is 2.05 bits per heavy atom. The van der Waals surface area contributed by atoms with Crippen molar-refractivity contribution in [1.82, 2.24) is 4.98 Å². The molecular weight excluding hydrogens is 261 g/mol. The van der Waals surface area contributed by atoms with E-state index in [1.807, 2.05) is 0 Å². The SMILES string of the molecule is CCOC(=O)C[n+]1c(C(F)(F)F)[nH]c2ccccc21. The van der Waals surface area contributed by atoms with Gasteiger partial charge >= 0.3 is 18.0 Å².